The zero-order chi connectivity index (χ0) is 22.6. The average Bonchev–Trinajstić information content (AvgIpc) is 3.11. The van der Waals surface area contributed by atoms with Crippen LogP contribution < -0.4 is 21.7 Å². The zero-order valence-electron chi connectivity index (χ0n) is 18.0. The van der Waals surface area contributed by atoms with Crippen LogP contribution in [0.25, 0.3) is 0 Å². The fourth-order valence-electron chi connectivity index (χ4n) is 4.15. The van der Waals surface area contributed by atoms with Gasteiger partial charge in [0.2, 0.25) is 5.91 Å². The van der Waals surface area contributed by atoms with E-state index in [1.807, 2.05) is 26.2 Å². The van der Waals surface area contributed by atoms with Gasteiger partial charge in [0, 0.05) is 22.7 Å². The van der Waals surface area contributed by atoms with Crippen LogP contribution in [0.3, 0.4) is 0 Å². The summed E-state index contributed by atoms with van der Waals surface area (Å²) in [5.41, 5.74) is 8.45. The Bertz CT molecular complexity index is 936. The van der Waals surface area contributed by atoms with Crippen LogP contribution in [0.1, 0.15) is 52.9 Å². The van der Waals surface area contributed by atoms with Gasteiger partial charge < -0.3 is 16.4 Å². The number of carbonyl (C=O) groups excluding carboxylic acids is 2. The van der Waals surface area contributed by atoms with Gasteiger partial charge in [-0.05, 0) is 39.0 Å². The van der Waals surface area contributed by atoms with E-state index in [1.165, 1.54) is 0 Å². The molecule has 1 saturated carbocycles. The van der Waals surface area contributed by atoms with Crippen LogP contribution in [0.15, 0.2) is 37.3 Å². The number of rotatable bonds is 4. The van der Waals surface area contributed by atoms with Crippen molar-refractivity contribution in [2.75, 3.05) is 5.75 Å². The number of amides is 3. The van der Waals surface area contributed by atoms with E-state index >= 15 is 0 Å². The normalized spacial score (nSPS) is 22.5. The van der Waals surface area contributed by atoms with Gasteiger partial charge in [0.15, 0.2) is 0 Å². The molecule has 2 heterocycles. The van der Waals surface area contributed by atoms with Gasteiger partial charge in [-0.2, -0.15) is 5.26 Å². The number of hydrogen-bond donors (Lipinski definition) is 4. The summed E-state index contributed by atoms with van der Waals surface area (Å²) in [5.74, 6) is -0.0887. The van der Waals surface area contributed by atoms with Crippen molar-refractivity contribution in [3.8, 4) is 6.07 Å². The molecule has 5 N–H and O–H groups in total. The minimum Gasteiger partial charge on any atom is -0.383 e. The van der Waals surface area contributed by atoms with E-state index in [4.69, 9.17) is 5.73 Å². The van der Waals surface area contributed by atoms with Crippen LogP contribution in [-0.2, 0) is 4.79 Å². The largest absolute Gasteiger partial charge is 0.383 e. The van der Waals surface area contributed by atoms with Gasteiger partial charge in [-0.25, -0.2) is 9.79 Å². The fourth-order valence-corrected chi connectivity index (χ4v) is 6.03. The number of allylic oxidation sites excluding steroid dienone is 2. The summed E-state index contributed by atoms with van der Waals surface area (Å²) in [7, 11) is 0. The summed E-state index contributed by atoms with van der Waals surface area (Å²) in [5, 5.41) is 21.8. The molecule has 3 amide bonds. The molecule has 2 aliphatic heterocycles. The Balaban J connectivity index is 1.88. The number of nitrogens with two attached hydrogens (primary N) is 1. The number of carbonyl (C=O) groups is 2. The molecule has 166 valence electrons. The predicted octanol–water partition coefficient (Wildman–Crippen LogP) is 3.42. The molecule has 0 atom stereocenters. The number of thioether (sulfide) groups is 2. The van der Waals surface area contributed by atoms with Crippen LogP contribution in [0, 0.1) is 16.7 Å². The molecule has 10 heteroatoms. The van der Waals surface area contributed by atoms with Crippen LogP contribution in [-0.4, -0.2) is 29.6 Å². The van der Waals surface area contributed by atoms with Crippen molar-refractivity contribution >= 4 is 41.3 Å². The summed E-state index contributed by atoms with van der Waals surface area (Å²) in [4.78, 5) is 28.5. The first kappa shape index (κ1) is 23.3. The number of amidine groups is 1. The molecule has 0 radical (unpaired) electrons. The highest BCUT2D eigenvalue weighted by Crippen LogP contribution is 2.54. The highest BCUT2D eigenvalue weighted by atomic mass is 32.2. The third-order valence-electron chi connectivity index (χ3n) is 5.37. The Morgan fingerprint density at radius 1 is 1.39 bits per heavy atom. The third kappa shape index (κ3) is 5.10. The summed E-state index contributed by atoms with van der Waals surface area (Å²) in [6, 6.07) is 1.77. The van der Waals surface area contributed by atoms with Crippen LogP contribution >= 0.6 is 23.5 Å². The molecule has 1 fully saturated rings. The van der Waals surface area contributed by atoms with Gasteiger partial charge >= 0.3 is 6.03 Å². The quantitative estimate of drug-likeness (QED) is 0.505. The lowest BCUT2D eigenvalue weighted by atomic mass is 9.64. The van der Waals surface area contributed by atoms with E-state index in [1.54, 1.807) is 11.8 Å². The summed E-state index contributed by atoms with van der Waals surface area (Å²) >= 11 is 2.72. The Kier molecular flexibility index (Phi) is 7.38. The molecule has 3 aliphatic rings. The van der Waals surface area contributed by atoms with E-state index < -0.39 is 17.4 Å². The van der Waals surface area contributed by atoms with Crippen molar-refractivity contribution in [2.24, 2.45) is 16.1 Å². The standard InChI is InChI=1S/C21H28N6O2S2/c1-12(2)24-20(29)26-15(28)11-31-18-14(9-22)21(7-5-4-6-8-21)16(17(23)27-18)19-25-13(3)10-30-19/h10,12,25H,4-8,11H2,1-3H3,(H2,23,27)(H2,24,26,28,29). The Morgan fingerprint density at radius 2 is 2.10 bits per heavy atom. The second-order valence-corrected chi connectivity index (χ2v) is 9.99. The Labute approximate surface area is 191 Å². The van der Waals surface area contributed by atoms with Crippen molar-refractivity contribution in [2.45, 2.75) is 58.9 Å². The number of nitrogens with zero attached hydrogens (tertiary/aromatic N) is 2. The number of nitriles is 1. The van der Waals surface area contributed by atoms with E-state index in [0.717, 1.165) is 60.2 Å². The van der Waals surface area contributed by atoms with E-state index in [-0.39, 0.29) is 11.8 Å². The Morgan fingerprint density at radius 3 is 2.68 bits per heavy atom. The highest BCUT2D eigenvalue weighted by molar-refractivity contribution is 8.06. The van der Waals surface area contributed by atoms with Crippen molar-refractivity contribution in [3.05, 3.63) is 32.3 Å². The van der Waals surface area contributed by atoms with Crippen LogP contribution in [0.2, 0.25) is 0 Å². The van der Waals surface area contributed by atoms with Crippen molar-refractivity contribution in [1.29, 1.82) is 5.26 Å². The van der Waals surface area contributed by atoms with Crippen LogP contribution in [0.5, 0.6) is 0 Å². The van der Waals surface area contributed by atoms with E-state index in [0.29, 0.717) is 16.4 Å². The van der Waals surface area contributed by atoms with E-state index in [9.17, 15) is 14.9 Å². The van der Waals surface area contributed by atoms with Crippen molar-refractivity contribution < 1.29 is 9.59 Å². The first-order valence-corrected chi connectivity index (χ1v) is 12.2. The average molecular weight is 461 g/mol. The first-order chi connectivity index (χ1) is 14.8. The molecule has 1 spiro atoms. The lowest BCUT2D eigenvalue weighted by Crippen LogP contribution is -2.43. The number of urea groups is 1. The predicted molar refractivity (Wildman–Crippen MR) is 126 cm³/mol. The molecular weight excluding hydrogens is 432 g/mol. The monoisotopic (exact) mass is 460 g/mol. The minimum absolute atomic E-state index is 0.0293. The lowest BCUT2D eigenvalue weighted by Gasteiger charge is -2.42. The van der Waals surface area contributed by atoms with Gasteiger partial charge in [-0.1, -0.05) is 42.8 Å². The summed E-state index contributed by atoms with van der Waals surface area (Å²) in [6.07, 6.45) is 4.76. The number of imide groups is 1. The molecule has 1 aliphatic carbocycles. The molecule has 0 aromatic carbocycles. The lowest BCUT2D eigenvalue weighted by molar-refractivity contribution is -0.117. The third-order valence-corrected chi connectivity index (χ3v) is 7.36. The zero-order valence-corrected chi connectivity index (χ0v) is 19.6. The molecule has 0 saturated heterocycles. The first-order valence-electron chi connectivity index (χ1n) is 10.3. The molecule has 0 unspecified atom stereocenters. The maximum atomic E-state index is 12.2. The van der Waals surface area contributed by atoms with Gasteiger partial charge in [0.05, 0.1) is 22.4 Å². The number of hydrogen-bond acceptors (Lipinski definition) is 8. The van der Waals surface area contributed by atoms with Gasteiger partial charge in [-0.3, -0.25) is 10.1 Å². The van der Waals surface area contributed by atoms with Crippen LogP contribution in [0.4, 0.5) is 4.79 Å². The Hall–Kier alpha value is -2.38. The summed E-state index contributed by atoms with van der Waals surface area (Å²) in [6.45, 7) is 5.61. The maximum Gasteiger partial charge on any atom is 0.321 e. The minimum atomic E-state index is -0.537. The molecule has 3 rings (SSSR count). The van der Waals surface area contributed by atoms with Gasteiger partial charge in [0.1, 0.15) is 10.9 Å². The van der Waals surface area contributed by atoms with Gasteiger partial charge in [0.25, 0.3) is 0 Å². The smallest absolute Gasteiger partial charge is 0.321 e. The molecule has 0 aromatic rings. The molecule has 0 bridgehead atoms. The van der Waals surface area contributed by atoms with Crippen molar-refractivity contribution in [1.82, 2.24) is 16.0 Å². The number of aliphatic imine (C=N–C) groups is 1. The molecular formula is C21H28N6O2S2. The fraction of sp³-hybridized carbons (Fsp3) is 0.524. The second-order valence-electron chi connectivity index (χ2n) is 8.14. The maximum absolute atomic E-state index is 12.2. The number of nitrogens with one attached hydrogen (secondary N) is 3. The van der Waals surface area contributed by atoms with E-state index in [2.05, 4.69) is 27.0 Å². The second kappa shape index (κ2) is 9.83. The summed E-state index contributed by atoms with van der Waals surface area (Å²) < 4.78 is 0. The molecule has 0 aromatic heterocycles. The topological polar surface area (TPSA) is 132 Å². The van der Waals surface area contributed by atoms with Gasteiger partial charge in [-0.15, -0.1) is 0 Å². The molecule has 8 nitrogen and oxygen atoms in total. The highest BCUT2D eigenvalue weighted by Gasteiger charge is 2.47. The SMILES string of the molecule is CC1=CSC(=C2C(N)=NC(SCC(=O)NC(=O)NC(C)C)=C(C#N)C23CCCCC3)N1. The van der Waals surface area contributed by atoms with Crippen molar-refractivity contribution in [3.63, 3.8) is 0 Å². The molecule has 31 heavy (non-hydrogen) atoms.